The molecule has 18 heteroatoms. The van der Waals surface area contributed by atoms with Crippen LogP contribution in [0.15, 0.2) is 162 Å². The van der Waals surface area contributed by atoms with E-state index in [2.05, 4.69) is 81.6 Å². The highest BCUT2D eigenvalue weighted by molar-refractivity contribution is 7.08. The van der Waals surface area contributed by atoms with Crippen LogP contribution in [0.25, 0.3) is 66.1 Å². The zero-order chi connectivity index (χ0) is 50.2. The Kier molecular flexibility index (Phi) is 15.6. The van der Waals surface area contributed by atoms with Crippen molar-refractivity contribution in [2.24, 2.45) is 0 Å². The molecule has 0 aliphatic rings. The zero-order valence-corrected chi connectivity index (χ0v) is 41.5. The predicted molar refractivity (Wildman–Crippen MR) is 289 cm³/mol. The van der Waals surface area contributed by atoms with E-state index in [-0.39, 0.29) is 11.6 Å². The number of halogens is 8. The fourth-order valence-corrected chi connectivity index (χ4v) is 9.38. The van der Waals surface area contributed by atoms with Gasteiger partial charge in [-0.1, -0.05) is 143 Å². The molecule has 11 rings (SSSR count). The fraction of sp³-hybridized carbons (Fsp3) is 0.0926. The minimum absolute atomic E-state index is 0.112. The van der Waals surface area contributed by atoms with Crippen molar-refractivity contribution in [2.75, 3.05) is 22.5 Å². The van der Waals surface area contributed by atoms with Crippen LogP contribution in [0.4, 0.5) is 35.0 Å². The number of nitrogens with one attached hydrogen (secondary N) is 6. The Morgan fingerprint density at radius 2 is 0.889 bits per heavy atom. The molecule has 6 N–H and O–H groups in total. The first-order valence-corrected chi connectivity index (χ1v) is 24.7. The molecule has 0 bridgehead atoms. The van der Waals surface area contributed by atoms with Crippen LogP contribution in [0.3, 0.4) is 0 Å². The number of thiophene rings is 1. The summed E-state index contributed by atoms with van der Waals surface area (Å²) in [5, 5.41) is 39.8. The predicted octanol–water partition coefficient (Wildman–Crippen LogP) is 17.1. The molecule has 0 aliphatic carbocycles. The lowest BCUT2D eigenvalue weighted by molar-refractivity contribution is -0.131. The van der Waals surface area contributed by atoms with Crippen molar-refractivity contribution in [1.82, 2.24) is 30.6 Å². The van der Waals surface area contributed by atoms with Gasteiger partial charge in [-0.15, -0.1) is 0 Å². The number of hydrogen-bond donors (Lipinski definition) is 6. The van der Waals surface area contributed by atoms with Crippen molar-refractivity contribution in [2.45, 2.75) is 25.7 Å². The average Bonchev–Trinajstić information content (AvgIpc) is 4.22. The van der Waals surface area contributed by atoms with Crippen LogP contribution in [-0.4, -0.2) is 43.3 Å². The molecule has 7 aromatic carbocycles. The molecule has 0 atom stereocenters. The number of H-pyrrole nitrogens is 3. The third-order valence-electron chi connectivity index (χ3n) is 11.4. The van der Waals surface area contributed by atoms with Crippen LogP contribution in [-0.2, 0) is 13.1 Å². The molecule has 0 saturated heterocycles. The molecular formula is C54H41Cl4F4N9S. The van der Waals surface area contributed by atoms with Crippen molar-refractivity contribution in [1.29, 1.82) is 0 Å². The molecule has 11 aromatic rings. The molecule has 9 nitrogen and oxygen atoms in total. The number of aromatic nitrogens is 6. The van der Waals surface area contributed by atoms with E-state index >= 15 is 0 Å². The molecular weight excluding hydrogens is 1020 g/mol. The Morgan fingerprint density at radius 3 is 1.28 bits per heavy atom. The van der Waals surface area contributed by atoms with Gasteiger partial charge in [0.05, 0.1) is 43.1 Å². The molecule has 0 fully saturated rings. The first-order valence-electron chi connectivity index (χ1n) is 22.3. The van der Waals surface area contributed by atoms with E-state index in [0.29, 0.717) is 39.1 Å². The molecule has 72 heavy (non-hydrogen) atoms. The maximum atomic E-state index is 13.6. The molecule has 4 heterocycles. The molecule has 4 aromatic heterocycles. The quantitative estimate of drug-likeness (QED) is 0.0678. The molecule has 0 saturated carbocycles. The summed E-state index contributed by atoms with van der Waals surface area (Å²) in [6, 6.07) is 47.9. The van der Waals surface area contributed by atoms with Crippen LogP contribution in [0.5, 0.6) is 0 Å². The number of benzene rings is 7. The van der Waals surface area contributed by atoms with Crippen molar-refractivity contribution in [3.05, 3.63) is 199 Å². The second kappa shape index (κ2) is 22.6. The van der Waals surface area contributed by atoms with E-state index in [1.807, 2.05) is 103 Å². The monoisotopic (exact) mass is 1060 g/mol. The first-order chi connectivity index (χ1) is 34.9. The molecule has 0 spiro atoms. The van der Waals surface area contributed by atoms with E-state index in [9.17, 15) is 17.6 Å². The maximum Gasteiger partial charge on any atom is 0.390 e. The third kappa shape index (κ3) is 12.2. The summed E-state index contributed by atoms with van der Waals surface area (Å²) in [6.07, 6.45) is -5.11. The Hall–Kier alpha value is -7.07. The van der Waals surface area contributed by atoms with Gasteiger partial charge in [0, 0.05) is 52.5 Å². The summed E-state index contributed by atoms with van der Waals surface area (Å²) in [6.45, 7) is 0.955. The smallest absolute Gasteiger partial charge is 0.368 e. The zero-order valence-electron chi connectivity index (χ0n) is 37.7. The molecule has 0 aliphatic heterocycles. The molecule has 364 valence electrons. The van der Waals surface area contributed by atoms with E-state index in [1.54, 1.807) is 29.5 Å². The van der Waals surface area contributed by atoms with Gasteiger partial charge < -0.3 is 16.0 Å². The SMILES string of the molecule is Clc1cc2[nH]nc(NCc3ccsc3)c2cc1-c1ccccc1.FC(F)(F)CCNc1n[nH]c2cc(Cl)c(-c3ccccc3)cc12.Fc1cc(CNc2n[nH]c3cc(Cl)c(-c4ccccc4)cc23)ccc1Cl. The number of rotatable bonds is 12. The Morgan fingerprint density at radius 1 is 0.472 bits per heavy atom. The summed E-state index contributed by atoms with van der Waals surface area (Å²) in [5.41, 5.74) is 10.3. The van der Waals surface area contributed by atoms with Gasteiger partial charge in [-0.05, 0) is 93.2 Å². The van der Waals surface area contributed by atoms with Gasteiger partial charge in [0.2, 0.25) is 0 Å². The van der Waals surface area contributed by atoms with E-state index < -0.39 is 18.4 Å². The Bertz CT molecular complexity index is 3570. The highest BCUT2D eigenvalue weighted by atomic mass is 35.5. The summed E-state index contributed by atoms with van der Waals surface area (Å²) in [7, 11) is 0. The first kappa shape index (κ1) is 49.9. The van der Waals surface area contributed by atoms with Gasteiger partial charge in [-0.2, -0.15) is 39.8 Å². The third-order valence-corrected chi connectivity index (χ3v) is 13.4. The van der Waals surface area contributed by atoms with E-state index in [1.165, 1.54) is 11.6 Å². The van der Waals surface area contributed by atoms with Crippen LogP contribution in [0.1, 0.15) is 17.5 Å². The number of nitrogens with zero attached hydrogens (tertiary/aromatic N) is 3. The van der Waals surface area contributed by atoms with Gasteiger partial charge in [-0.3, -0.25) is 15.3 Å². The van der Waals surface area contributed by atoms with Gasteiger partial charge >= 0.3 is 6.18 Å². The maximum absolute atomic E-state index is 13.6. The molecule has 0 unspecified atom stereocenters. The van der Waals surface area contributed by atoms with Gasteiger partial charge in [0.15, 0.2) is 17.5 Å². The Labute approximate surface area is 434 Å². The largest absolute Gasteiger partial charge is 0.390 e. The number of aromatic amines is 3. The highest BCUT2D eigenvalue weighted by Crippen LogP contribution is 2.37. The highest BCUT2D eigenvalue weighted by Gasteiger charge is 2.26. The lowest BCUT2D eigenvalue weighted by atomic mass is 10.0. The topological polar surface area (TPSA) is 122 Å². The van der Waals surface area contributed by atoms with Crippen molar-refractivity contribution >= 4 is 108 Å². The number of fused-ring (bicyclic) bond motifs is 3. The van der Waals surface area contributed by atoms with E-state index in [0.717, 1.165) is 78.1 Å². The van der Waals surface area contributed by atoms with Crippen molar-refractivity contribution < 1.29 is 17.6 Å². The number of anilines is 3. The van der Waals surface area contributed by atoms with Crippen LogP contribution in [0, 0.1) is 5.82 Å². The average molecular weight is 1070 g/mol. The van der Waals surface area contributed by atoms with Crippen molar-refractivity contribution in [3.63, 3.8) is 0 Å². The number of hydrogen-bond acceptors (Lipinski definition) is 7. The van der Waals surface area contributed by atoms with Crippen molar-refractivity contribution in [3.8, 4) is 33.4 Å². The summed E-state index contributed by atoms with van der Waals surface area (Å²) < 4.78 is 50.3. The van der Waals surface area contributed by atoms with Gasteiger partial charge in [0.1, 0.15) is 5.82 Å². The summed E-state index contributed by atoms with van der Waals surface area (Å²) >= 11 is 26.6. The molecule has 0 amide bonds. The summed E-state index contributed by atoms with van der Waals surface area (Å²) in [4.78, 5) is 0. The van der Waals surface area contributed by atoms with Crippen LogP contribution in [0.2, 0.25) is 20.1 Å². The molecule has 0 radical (unpaired) electrons. The normalized spacial score (nSPS) is 11.3. The standard InChI is InChI=1S/C20H14Cl2FN3.C18H14ClN3S.C16H13ClF3N3/c21-16-7-6-12(8-18(16)23)11-24-20-15-9-14(13-4-2-1-3-5-13)17(22)10-19(15)25-26-20;19-16-9-17-15(8-14(16)13-4-2-1-3-5-13)18(22-21-17)20-10-12-6-7-23-11-12;17-13-9-14-12(8-11(13)10-4-2-1-3-5-10)15(23-22-14)21-7-6-16(18,19)20/h1-10H,11H2,(H2,24,25,26);1-9,11H,10H2,(H2,20,21,22);1-5,8-9H,6-7H2,(H2,21,22,23). The minimum atomic E-state index is -4.20. The fourth-order valence-electron chi connectivity index (χ4n) is 7.77. The second-order valence-corrected chi connectivity index (χ2v) is 18.7. The number of alkyl halides is 3. The van der Waals surface area contributed by atoms with Gasteiger partial charge in [0.25, 0.3) is 0 Å². The minimum Gasteiger partial charge on any atom is -0.368 e. The van der Waals surface area contributed by atoms with Crippen LogP contribution < -0.4 is 16.0 Å². The lowest BCUT2D eigenvalue weighted by Crippen LogP contribution is -2.14. The van der Waals surface area contributed by atoms with E-state index in [4.69, 9.17) is 46.4 Å². The van der Waals surface area contributed by atoms with Crippen LogP contribution >= 0.6 is 57.7 Å². The second-order valence-electron chi connectivity index (χ2n) is 16.3. The lowest BCUT2D eigenvalue weighted by Gasteiger charge is -2.08. The Balaban J connectivity index is 0.000000134. The van der Waals surface area contributed by atoms with Gasteiger partial charge in [-0.25, -0.2) is 4.39 Å². The summed E-state index contributed by atoms with van der Waals surface area (Å²) in [5.74, 6) is 1.48.